The highest BCUT2D eigenvalue weighted by Gasteiger charge is 2.61. The molecule has 5 heteroatoms. The fourth-order valence-corrected chi connectivity index (χ4v) is 20.6. The van der Waals surface area contributed by atoms with Crippen molar-refractivity contribution in [1.29, 1.82) is 0 Å². The first-order valence-electron chi connectivity index (χ1n) is 16.1. The van der Waals surface area contributed by atoms with E-state index in [1.807, 2.05) is 0 Å². The lowest BCUT2D eigenvalue weighted by Gasteiger charge is -2.55. The molecule has 0 amide bonds. The van der Waals surface area contributed by atoms with E-state index >= 15 is 0 Å². The van der Waals surface area contributed by atoms with Crippen LogP contribution in [0, 0.1) is 16.7 Å². The van der Waals surface area contributed by atoms with Crippen molar-refractivity contribution in [2.45, 2.75) is 175 Å². The van der Waals surface area contributed by atoms with Crippen LogP contribution in [0.5, 0.6) is 0 Å². The largest absolute Gasteiger partial charge is 0.416 e. The zero-order valence-electron chi connectivity index (χ0n) is 28.1. The summed E-state index contributed by atoms with van der Waals surface area (Å²) in [5, 5.41) is 11.6. The third-order valence-electron chi connectivity index (χ3n) is 12.0. The van der Waals surface area contributed by atoms with Crippen molar-refractivity contribution in [3.05, 3.63) is 11.6 Å². The Hall–Kier alpha value is 0.0538. The van der Waals surface area contributed by atoms with E-state index in [4.69, 9.17) is 8.85 Å². The lowest BCUT2D eigenvalue weighted by Crippen LogP contribution is -2.57. The summed E-state index contributed by atoms with van der Waals surface area (Å²) in [7, 11) is -3.89. The van der Waals surface area contributed by atoms with E-state index < -0.39 is 16.6 Å². The normalized spacial score (nSPS) is 29.8. The summed E-state index contributed by atoms with van der Waals surface area (Å²) in [6, 6.07) is 0. The summed E-state index contributed by atoms with van der Waals surface area (Å²) in [5.41, 5.74) is 4.68. The molecular formula is C33H66O3Si2. The van der Waals surface area contributed by atoms with Crippen LogP contribution in [0.15, 0.2) is 11.6 Å². The molecule has 0 radical (unpaired) electrons. The van der Waals surface area contributed by atoms with Crippen LogP contribution in [0.2, 0.25) is 33.2 Å². The maximum atomic E-state index is 11.6. The smallest absolute Gasteiger partial charge is 0.201 e. The van der Waals surface area contributed by atoms with Crippen molar-refractivity contribution < 1.29 is 14.0 Å². The molecule has 1 saturated carbocycles. The first kappa shape index (κ1) is 34.3. The standard InChI is InChI=1S/C33H66O3Si2/c1-22(2)37(23(3)4,24(5)6)35-21-19-28(13)32(14)20-18-29-30(16-17-31(34)33(29,32)15)36-38(25(7)8,26(9)10)27(11)12/h18,22-28,30-31,34H,16-17,19-21H2,1-15H3/t28-,30+,31-,32+,33+/m1/s1. The molecule has 0 aromatic carbocycles. The molecule has 0 aromatic rings. The Morgan fingerprint density at radius 2 is 1.21 bits per heavy atom. The Bertz CT molecular complexity index is 759. The number of fused-ring (bicyclic) bond motifs is 1. The summed E-state index contributed by atoms with van der Waals surface area (Å²) in [4.78, 5) is 0. The second-order valence-electron chi connectivity index (χ2n) is 15.4. The van der Waals surface area contributed by atoms with Crippen LogP contribution in [-0.4, -0.2) is 40.6 Å². The Labute approximate surface area is 240 Å². The van der Waals surface area contributed by atoms with Gasteiger partial charge in [-0.15, -0.1) is 0 Å². The van der Waals surface area contributed by atoms with Gasteiger partial charge < -0.3 is 14.0 Å². The second kappa shape index (κ2) is 12.5. The second-order valence-corrected chi connectivity index (χ2v) is 26.2. The van der Waals surface area contributed by atoms with Crippen molar-refractivity contribution in [3.8, 4) is 0 Å². The number of rotatable bonds is 13. The predicted molar refractivity (Wildman–Crippen MR) is 171 cm³/mol. The van der Waals surface area contributed by atoms with E-state index in [0.29, 0.717) is 39.2 Å². The minimum atomic E-state index is -2.02. The van der Waals surface area contributed by atoms with E-state index in [-0.39, 0.29) is 23.0 Å². The van der Waals surface area contributed by atoms with Gasteiger partial charge in [-0.2, -0.15) is 0 Å². The number of hydrogen-bond acceptors (Lipinski definition) is 3. The van der Waals surface area contributed by atoms with E-state index in [1.54, 1.807) is 0 Å². The molecule has 0 aromatic heterocycles. The zero-order chi connectivity index (χ0) is 29.4. The van der Waals surface area contributed by atoms with Gasteiger partial charge >= 0.3 is 0 Å². The molecule has 0 saturated heterocycles. The summed E-state index contributed by atoms with van der Waals surface area (Å²) >= 11 is 0. The molecule has 0 bridgehead atoms. The lowest BCUT2D eigenvalue weighted by molar-refractivity contribution is -0.0830. The topological polar surface area (TPSA) is 38.7 Å². The highest BCUT2D eigenvalue weighted by atomic mass is 28.4. The SMILES string of the molecule is CC(C)[Si](OCC[C@@H](C)[C@]1(C)CC=C2[C@@H](O[Si](C(C)C)(C(C)C)C(C)C)CC[C@@H](O)[C@]21C)(C(C)C)C(C)C. The molecule has 2 aliphatic carbocycles. The third-order valence-corrected chi connectivity index (χ3v) is 24.2. The fraction of sp³-hybridized carbons (Fsp3) is 0.939. The molecule has 3 nitrogen and oxygen atoms in total. The molecule has 1 N–H and O–H groups in total. The summed E-state index contributed by atoms with van der Waals surface area (Å²) in [6.07, 6.45) is 6.18. The molecule has 2 aliphatic rings. The number of aliphatic hydroxyl groups is 1. The van der Waals surface area contributed by atoms with Crippen molar-refractivity contribution >= 4 is 16.6 Å². The lowest BCUT2D eigenvalue weighted by atomic mass is 9.53. The van der Waals surface area contributed by atoms with Gasteiger partial charge in [0, 0.05) is 12.0 Å². The Morgan fingerprint density at radius 1 is 0.763 bits per heavy atom. The van der Waals surface area contributed by atoms with Crippen LogP contribution in [0.4, 0.5) is 0 Å². The summed E-state index contributed by atoms with van der Waals surface area (Å²) < 4.78 is 14.4. The molecule has 0 aliphatic heterocycles. The van der Waals surface area contributed by atoms with Gasteiger partial charge in [0.1, 0.15) is 0 Å². The van der Waals surface area contributed by atoms with Crippen molar-refractivity contribution in [2.75, 3.05) is 6.61 Å². The quantitative estimate of drug-likeness (QED) is 0.178. The Balaban J connectivity index is 2.31. The van der Waals surface area contributed by atoms with E-state index in [1.165, 1.54) is 5.57 Å². The minimum Gasteiger partial charge on any atom is -0.416 e. The van der Waals surface area contributed by atoms with Gasteiger partial charge in [-0.3, -0.25) is 0 Å². The van der Waals surface area contributed by atoms with Crippen LogP contribution in [0.25, 0.3) is 0 Å². The third kappa shape index (κ3) is 5.46. The van der Waals surface area contributed by atoms with Gasteiger partial charge in [0.05, 0.1) is 12.2 Å². The number of aliphatic hydroxyl groups excluding tert-OH is 1. The van der Waals surface area contributed by atoms with Crippen molar-refractivity contribution in [1.82, 2.24) is 0 Å². The summed E-state index contributed by atoms with van der Waals surface area (Å²) in [5.74, 6) is 0.454. The van der Waals surface area contributed by atoms with Crippen LogP contribution in [-0.2, 0) is 8.85 Å². The summed E-state index contributed by atoms with van der Waals surface area (Å²) in [6.45, 7) is 36.6. The van der Waals surface area contributed by atoms with Crippen LogP contribution >= 0.6 is 0 Å². The molecular weight excluding hydrogens is 501 g/mol. The molecule has 0 unspecified atom stereocenters. The maximum Gasteiger partial charge on any atom is 0.201 e. The molecule has 38 heavy (non-hydrogen) atoms. The van der Waals surface area contributed by atoms with Crippen molar-refractivity contribution in [3.63, 3.8) is 0 Å². The average Bonchev–Trinajstić information content (AvgIpc) is 3.08. The van der Waals surface area contributed by atoms with E-state index in [9.17, 15) is 5.11 Å². The van der Waals surface area contributed by atoms with Gasteiger partial charge in [-0.25, -0.2) is 0 Å². The van der Waals surface area contributed by atoms with Crippen LogP contribution in [0.1, 0.15) is 130 Å². The van der Waals surface area contributed by atoms with E-state index in [0.717, 1.165) is 32.3 Å². The molecule has 2 rings (SSSR count). The molecule has 5 atom stereocenters. The average molecular weight is 567 g/mol. The van der Waals surface area contributed by atoms with E-state index in [2.05, 4.69) is 110 Å². The predicted octanol–water partition coefficient (Wildman–Crippen LogP) is 10.3. The molecule has 1 fully saturated rings. The molecule has 0 spiro atoms. The zero-order valence-corrected chi connectivity index (χ0v) is 30.1. The van der Waals surface area contributed by atoms with Crippen molar-refractivity contribution in [2.24, 2.45) is 16.7 Å². The Kier molecular flexibility index (Phi) is 11.3. The number of hydrogen-bond donors (Lipinski definition) is 1. The van der Waals surface area contributed by atoms with Gasteiger partial charge in [0.15, 0.2) is 8.32 Å². The van der Waals surface area contributed by atoms with Gasteiger partial charge in [-0.1, -0.05) is 110 Å². The fourth-order valence-electron chi connectivity index (χ4n) is 9.59. The Morgan fingerprint density at radius 3 is 1.63 bits per heavy atom. The maximum absolute atomic E-state index is 11.6. The highest BCUT2D eigenvalue weighted by molar-refractivity contribution is 6.78. The molecule has 0 heterocycles. The first-order valence-corrected chi connectivity index (χ1v) is 20.4. The molecule has 224 valence electrons. The van der Waals surface area contributed by atoms with Gasteiger partial charge in [-0.05, 0) is 75.8 Å². The van der Waals surface area contributed by atoms with Crippen LogP contribution < -0.4 is 0 Å². The highest BCUT2D eigenvalue weighted by Crippen LogP contribution is 2.64. The van der Waals surface area contributed by atoms with Gasteiger partial charge in [0.25, 0.3) is 0 Å². The minimum absolute atomic E-state index is 0.00254. The first-order chi connectivity index (χ1) is 17.4. The number of allylic oxidation sites excluding steroid dienone is 1. The monoisotopic (exact) mass is 566 g/mol. The van der Waals surface area contributed by atoms with Crippen LogP contribution in [0.3, 0.4) is 0 Å². The van der Waals surface area contributed by atoms with Gasteiger partial charge in [0.2, 0.25) is 8.32 Å².